The van der Waals surface area contributed by atoms with E-state index in [9.17, 15) is 4.79 Å². The topological polar surface area (TPSA) is 73.6 Å². The van der Waals surface area contributed by atoms with Crippen LogP contribution in [0.4, 0.5) is 0 Å². The molecule has 0 saturated heterocycles. The van der Waals surface area contributed by atoms with Crippen molar-refractivity contribution < 1.29 is 14.3 Å². The van der Waals surface area contributed by atoms with E-state index in [0.29, 0.717) is 42.7 Å². The van der Waals surface area contributed by atoms with Gasteiger partial charge in [-0.05, 0) is 30.5 Å². The molecule has 0 radical (unpaired) electrons. The second-order valence-corrected chi connectivity index (χ2v) is 4.94. The molecule has 1 aromatic carbocycles. The lowest BCUT2D eigenvalue weighted by molar-refractivity contribution is 0.0954. The van der Waals surface area contributed by atoms with Crippen molar-refractivity contribution in [3.05, 3.63) is 23.8 Å². The van der Waals surface area contributed by atoms with Gasteiger partial charge >= 0.3 is 0 Å². The highest BCUT2D eigenvalue weighted by Gasteiger charge is 2.10. The van der Waals surface area contributed by atoms with Crippen LogP contribution in [-0.4, -0.2) is 32.7 Å². The minimum atomic E-state index is -0.164. The fourth-order valence-electron chi connectivity index (χ4n) is 1.62. The molecule has 21 heavy (non-hydrogen) atoms. The summed E-state index contributed by atoms with van der Waals surface area (Å²) >= 11 is 0. The molecule has 0 spiro atoms. The van der Waals surface area contributed by atoms with Crippen molar-refractivity contribution in [1.82, 2.24) is 5.32 Å². The molecule has 5 nitrogen and oxygen atoms in total. The van der Waals surface area contributed by atoms with Gasteiger partial charge in [-0.3, -0.25) is 4.79 Å². The Hall–Kier alpha value is -1.46. The summed E-state index contributed by atoms with van der Waals surface area (Å²) in [5.41, 5.74) is 5.89. The van der Waals surface area contributed by atoms with Crippen LogP contribution >= 0.6 is 12.4 Å². The van der Waals surface area contributed by atoms with Gasteiger partial charge in [0.2, 0.25) is 0 Å². The van der Waals surface area contributed by atoms with Crippen molar-refractivity contribution in [2.24, 2.45) is 11.7 Å². The quantitative estimate of drug-likeness (QED) is 0.771. The first-order valence-corrected chi connectivity index (χ1v) is 6.87. The molecule has 0 aliphatic rings. The van der Waals surface area contributed by atoms with E-state index in [-0.39, 0.29) is 18.3 Å². The van der Waals surface area contributed by atoms with E-state index in [1.165, 1.54) is 0 Å². The standard InChI is InChI=1S/C15H24N2O3.ClH/c1-11(2)6-9-20-13-5-4-12(10-14(13)19-3)15(18)17-8-7-16;/h4-5,10-11H,6-9,16H2,1-3H3,(H,17,18);1H. The van der Waals surface area contributed by atoms with Crippen LogP contribution < -0.4 is 20.5 Å². The number of carbonyl (C=O) groups excluding carboxylic acids is 1. The number of halogens is 1. The fraction of sp³-hybridized carbons (Fsp3) is 0.533. The van der Waals surface area contributed by atoms with Crippen molar-refractivity contribution in [1.29, 1.82) is 0 Å². The molecule has 0 aliphatic carbocycles. The average Bonchev–Trinajstić information content (AvgIpc) is 2.44. The zero-order valence-electron chi connectivity index (χ0n) is 12.8. The Morgan fingerprint density at radius 3 is 2.62 bits per heavy atom. The number of hydrogen-bond acceptors (Lipinski definition) is 4. The van der Waals surface area contributed by atoms with E-state index in [4.69, 9.17) is 15.2 Å². The number of nitrogens with two attached hydrogens (primary N) is 1. The number of rotatable bonds is 8. The van der Waals surface area contributed by atoms with Gasteiger partial charge in [-0.1, -0.05) is 13.8 Å². The van der Waals surface area contributed by atoms with E-state index in [1.54, 1.807) is 25.3 Å². The maximum absolute atomic E-state index is 11.8. The number of nitrogens with one attached hydrogen (secondary N) is 1. The molecule has 3 N–H and O–H groups in total. The zero-order chi connectivity index (χ0) is 15.0. The summed E-state index contributed by atoms with van der Waals surface area (Å²) in [5.74, 6) is 1.64. The van der Waals surface area contributed by atoms with Crippen LogP contribution in [0.15, 0.2) is 18.2 Å². The number of methoxy groups -OCH3 is 1. The van der Waals surface area contributed by atoms with Crippen LogP contribution in [0.2, 0.25) is 0 Å². The van der Waals surface area contributed by atoms with E-state index >= 15 is 0 Å². The molecular weight excluding hydrogens is 292 g/mol. The smallest absolute Gasteiger partial charge is 0.251 e. The molecule has 0 heterocycles. The van der Waals surface area contributed by atoms with Gasteiger partial charge in [-0.2, -0.15) is 0 Å². The van der Waals surface area contributed by atoms with Gasteiger partial charge in [0.25, 0.3) is 5.91 Å². The summed E-state index contributed by atoms with van der Waals surface area (Å²) < 4.78 is 10.9. The summed E-state index contributed by atoms with van der Waals surface area (Å²) in [6.07, 6.45) is 0.974. The molecule has 1 amide bonds. The van der Waals surface area contributed by atoms with E-state index in [1.807, 2.05) is 0 Å². The van der Waals surface area contributed by atoms with Gasteiger partial charge in [0.05, 0.1) is 13.7 Å². The molecule has 1 rings (SSSR count). The van der Waals surface area contributed by atoms with Crippen LogP contribution in [0.3, 0.4) is 0 Å². The van der Waals surface area contributed by atoms with Crippen molar-refractivity contribution >= 4 is 18.3 Å². The molecule has 1 aromatic rings. The Morgan fingerprint density at radius 1 is 1.33 bits per heavy atom. The minimum absolute atomic E-state index is 0. The predicted octanol–water partition coefficient (Wildman–Crippen LogP) is 2.23. The van der Waals surface area contributed by atoms with Gasteiger partial charge in [-0.25, -0.2) is 0 Å². The molecular formula is C15H25ClN2O3. The summed E-state index contributed by atoms with van der Waals surface area (Å²) in [6.45, 7) is 5.79. The second-order valence-electron chi connectivity index (χ2n) is 4.94. The summed E-state index contributed by atoms with van der Waals surface area (Å²) in [5, 5.41) is 2.72. The Bertz CT molecular complexity index is 439. The molecule has 0 aliphatic heterocycles. The Labute approximate surface area is 132 Å². The minimum Gasteiger partial charge on any atom is -0.493 e. The van der Waals surface area contributed by atoms with Crippen LogP contribution in [0, 0.1) is 5.92 Å². The lowest BCUT2D eigenvalue weighted by atomic mass is 10.1. The summed E-state index contributed by atoms with van der Waals surface area (Å²) in [6, 6.07) is 5.16. The average molecular weight is 317 g/mol. The maximum atomic E-state index is 11.8. The first-order valence-electron chi connectivity index (χ1n) is 6.87. The molecule has 0 fully saturated rings. The third kappa shape index (κ3) is 6.69. The van der Waals surface area contributed by atoms with Gasteiger partial charge < -0.3 is 20.5 Å². The normalized spacial score (nSPS) is 9.95. The number of hydrogen-bond donors (Lipinski definition) is 2. The number of ether oxygens (including phenoxy) is 2. The van der Waals surface area contributed by atoms with Crippen LogP contribution in [0.25, 0.3) is 0 Å². The molecule has 0 aromatic heterocycles. The van der Waals surface area contributed by atoms with Crippen LogP contribution in [-0.2, 0) is 0 Å². The summed E-state index contributed by atoms with van der Waals surface area (Å²) in [4.78, 5) is 11.8. The zero-order valence-corrected chi connectivity index (χ0v) is 13.7. The Morgan fingerprint density at radius 2 is 2.05 bits per heavy atom. The van der Waals surface area contributed by atoms with Crippen LogP contribution in [0.1, 0.15) is 30.6 Å². The first-order chi connectivity index (χ1) is 9.58. The molecule has 0 unspecified atom stereocenters. The van der Waals surface area contributed by atoms with Gasteiger partial charge in [0.1, 0.15) is 0 Å². The largest absolute Gasteiger partial charge is 0.493 e. The lowest BCUT2D eigenvalue weighted by Gasteiger charge is -2.13. The Balaban J connectivity index is 0.00000400. The molecule has 0 saturated carbocycles. The monoisotopic (exact) mass is 316 g/mol. The van der Waals surface area contributed by atoms with Gasteiger partial charge in [0.15, 0.2) is 11.5 Å². The molecule has 0 atom stereocenters. The van der Waals surface area contributed by atoms with Gasteiger partial charge in [0, 0.05) is 18.7 Å². The molecule has 6 heteroatoms. The SMILES string of the molecule is COc1cc(C(=O)NCCN)ccc1OCCC(C)C.Cl. The van der Waals surface area contributed by atoms with Gasteiger partial charge in [-0.15, -0.1) is 12.4 Å². The van der Waals surface area contributed by atoms with E-state index in [2.05, 4.69) is 19.2 Å². The van der Waals surface area contributed by atoms with Crippen molar-refractivity contribution in [2.45, 2.75) is 20.3 Å². The van der Waals surface area contributed by atoms with Crippen LogP contribution in [0.5, 0.6) is 11.5 Å². The summed E-state index contributed by atoms with van der Waals surface area (Å²) in [7, 11) is 1.56. The maximum Gasteiger partial charge on any atom is 0.251 e. The fourth-order valence-corrected chi connectivity index (χ4v) is 1.62. The number of benzene rings is 1. The first kappa shape index (κ1) is 19.5. The second kappa shape index (κ2) is 10.3. The Kier molecular flexibility index (Phi) is 9.58. The lowest BCUT2D eigenvalue weighted by Crippen LogP contribution is -2.28. The highest BCUT2D eigenvalue weighted by molar-refractivity contribution is 5.94. The third-order valence-electron chi connectivity index (χ3n) is 2.81. The van der Waals surface area contributed by atoms with Crippen molar-refractivity contribution in [3.63, 3.8) is 0 Å². The third-order valence-corrected chi connectivity index (χ3v) is 2.81. The molecule has 120 valence electrons. The highest BCUT2D eigenvalue weighted by atomic mass is 35.5. The van der Waals surface area contributed by atoms with E-state index in [0.717, 1.165) is 6.42 Å². The number of amides is 1. The van der Waals surface area contributed by atoms with Crippen molar-refractivity contribution in [3.8, 4) is 11.5 Å². The van der Waals surface area contributed by atoms with E-state index < -0.39 is 0 Å². The highest BCUT2D eigenvalue weighted by Crippen LogP contribution is 2.28. The van der Waals surface area contributed by atoms with Crippen molar-refractivity contribution in [2.75, 3.05) is 26.8 Å². The number of carbonyl (C=O) groups is 1. The predicted molar refractivity (Wildman–Crippen MR) is 86.6 cm³/mol. The molecule has 0 bridgehead atoms.